The van der Waals surface area contributed by atoms with E-state index in [9.17, 15) is 14.0 Å². The average Bonchev–Trinajstić information content (AvgIpc) is 2.39. The second kappa shape index (κ2) is 4.49. The van der Waals surface area contributed by atoms with Crippen molar-refractivity contribution in [3.05, 3.63) is 45.7 Å². The fourth-order valence-electron chi connectivity index (χ4n) is 1.90. The number of hydrogen-bond acceptors (Lipinski definition) is 2. The molecular formula is C13H12FNO2. The van der Waals surface area contributed by atoms with Crippen molar-refractivity contribution >= 4 is 17.2 Å². The van der Waals surface area contributed by atoms with E-state index in [1.54, 1.807) is 12.1 Å². The predicted molar refractivity (Wildman–Crippen MR) is 64.1 cm³/mol. The number of aldehydes is 1. The summed E-state index contributed by atoms with van der Waals surface area (Å²) in [7, 11) is 0. The molecule has 1 aromatic carbocycles. The molecule has 0 aliphatic rings. The Bertz CT molecular complexity index is 631. The van der Waals surface area contributed by atoms with Crippen molar-refractivity contribution in [3.8, 4) is 0 Å². The average molecular weight is 233 g/mol. The number of alkyl halides is 1. The molecule has 0 aliphatic heterocycles. The number of nitrogens with zero attached hydrogens (tertiary/aromatic N) is 1. The fraction of sp³-hybridized carbons (Fsp3) is 0.231. The number of fused-ring (bicyclic) bond motifs is 1. The van der Waals surface area contributed by atoms with Crippen LogP contribution < -0.4 is 5.43 Å². The van der Waals surface area contributed by atoms with Gasteiger partial charge in [0.15, 0.2) is 11.7 Å². The third-order valence-corrected chi connectivity index (χ3v) is 2.79. The van der Waals surface area contributed by atoms with E-state index >= 15 is 0 Å². The van der Waals surface area contributed by atoms with Crippen molar-refractivity contribution in [2.45, 2.75) is 20.1 Å². The number of benzene rings is 1. The molecule has 0 atom stereocenters. The van der Waals surface area contributed by atoms with Crippen LogP contribution in [0.2, 0.25) is 0 Å². The summed E-state index contributed by atoms with van der Waals surface area (Å²) in [6, 6.07) is 4.87. The smallest absolute Gasteiger partial charge is 0.199 e. The highest BCUT2D eigenvalue weighted by Crippen LogP contribution is 2.14. The predicted octanol–water partition coefficient (Wildman–Crippen LogP) is 2.30. The van der Waals surface area contributed by atoms with E-state index in [0.717, 1.165) is 5.52 Å². The van der Waals surface area contributed by atoms with Crippen LogP contribution in [-0.4, -0.2) is 10.9 Å². The highest BCUT2D eigenvalue weighted by atomic mass is 19.1. The van der Waals surface area contributed by atoms with E-state index in [1.807, 2.05) is 11.5 Å². The summed E-state index contributed by atoms with van der Waals surface area (Å²) in [5.41, 5.74) is 0.936. The molecule has 4 heteroatoms. The highest BCUT2D eigenvalue weighted by molar-refractivity contribution is 5.86. The van der Waals surface area contributed by atoms with Gasteiger partial charge in [-0.05, 0) is 24.6 Å². The van der Waals surface area contributed by atoms with Crippen LogP contribution in [0.3, 0.4) is 0 Å². The van der Waals surface area contributed by atoms with Crippen LogP contribution in [0.1, 0.15) is 22.8 Å². The van der Waals surface area contributed by atoms with Crippen LogP contribution in [0.5, 0.6) is 0 Å². The van der Waals surface area contributed by atoms with Crippen molar-refractivity contribution in [3.63, 3.8) is 0 Å². The molecular weight excluding hydrogens is 221 g/mol. The summed E-state index contributed by atoms with van der Waals surface area (Å²) in [6.45, 7) is 1.95. The number of carbonyl (C=O) groups is 1. The van der Waals surface area contributed by atoms with Gasteiger partial charge in [-0.15, -0.1) is 0 Å². The largest absolute Gasteiger partial charge is 0.347 e. The standard InChI is InChI=1S/C13H12FNO2/c1-2-15-7-10(8-16)13(17)11-5-9(6-14)3-4-12(11)15/h3-5,7-8H,2,6H2,1H3. The molecule has 0 saturated carbocycles. The van der Waals surface area contributed by atoms with Crippen LogP contribution in [0.25, 0.3) is 10.9 Å². The van der Waals surface area contributed by atoms with Gasteiger partial charge in [0.25, 0.3) is 0 Å². The highest BCUT2D eigenvalue weighted by Gasteiger charge is 2.08. The van der Waals surface area contributed by atoms with Gasteiger partial charge in [-0.25, -0.2) is 4.39 Å². The van der Waals surface area contributed by atoms with Crippen molar-refractivity contribution in [2.75, 3.05) is 0 Å². The fourth-order valence-corrected chi connectivity index (χ4v) is 1.90. The molecule has 0 spiro atoms. The molecule has 0 fully saturated rings. The Morgan fingerprint density at radius 3 is 2.76 bits per heavy atom. The zero-order valence-corrected chi connectivity index (χ0v) is 9.44. The van der Waals surface area contributed by atoms with Crippen LogP contribution in [-0.2, 0) is 13.2 Å². The Hall–Kier alpha value is -1.97. The third kappa shape index (κ3) is 1.86. The molecule has 0 amide bonds. The quantitative estimate of drug-likeness (QED) is 0.763. The van der Waals surface area contributed by atoms with Gasteiger partial charge in [0.05, 0.1) is 11.1 Å². The summed E-state index contributed by atoms with van der Waals surface area (Å²) < 4.78 is 14.4. The van der Waals surface area contributed by atoms with Gasteiger partial charge in [0, 0.05) is 18.1 Å². The maximum atomic E-state index is 12.6. The lowest BCUT2D eigenvalue weighted by Crippen LogP contribution is -2.14. The second-order valence-electron chi connectivity index (χ2n) is 3.80. The molecule has 2 aromatic rings. The number of hydrogen-bond donors (Lipinski definition) is 0. The summed E-state index contributed by atoms with van der Waals surface area (Å²) >= 11 is 0. The molecule has 0 saturated heterocycles. The first-order valence-electron chi connectivity index (χ1n) is 5.38. The molecule has 2 rings (SSSR count). The van der Waals surface area contributed by atoms with Crippen molar-refractivity contribution in [2.24, 2.45) is 0 Å². The summed E-state index contributed by atoms with van der Waals surface area (Å²) in [4.78, 5) is 22.7. The van der Waals surface area contributed by atoms with Crippen LogP contribution >= 0.6 is 0 Å². The minimum Gasteiger partial charge on any atom is -0.347 e. The number of aromatic nitrogens is 1. The second-order valence-corrected chi connectivity index (χ2v) is 3.80. The maximum absolute atomic E-state index is 12.6. The topological polar surface area (TPSA) is 39.1 Å². The zero-order chi connectivity index (χ0) is 12.4. The number of pyridine rings is 1. The van der Waals surface area contributed by atoms with Crippen LogP contribution in [0.4, 0.5) is 4.39 Å². The van der Waals surface area contributed by atoms with E-state index in [-0.39, 0.29) is 11.0 Å². The Morgan fingerprint density at radius 1 is 1.41 bits per heavy atom. The van der Waals surface area contributed by atoms with Gasteiger partial charge in [-0.3, -0.25) is 9.59 Å². The van der Waals surface area contributed by atoms with Gasteiger partial charge < -0.3 is 4.57 Å². The molecule has 0 radical (unpaired) electrons. The van der Waals surface area contributed by atoms with Gasteiger partial charge >= 0.3 is 0 Å². The lowest BCUT2D eigenvalue weighted by molar-refractivity contribution is 0.112. The third-order valence-electron chi connectivity index (χ3n) is 2.79. The summed E-state index contributed by atoms with van der Waals surface area (Å²) in [5, 5.41) is 0.395. The van der Waals surface area contributed by atoms with E-state index < -0.39 is 6.67 Å². The first-order chi connectivity index (χ1) is 8.21. The van der Waals surface area contributed by atoms with E-state index in [1.165, 1.54) is 12.3 Å². The lowest BCUT2D eigenvalue weighted by Gasteiger charge is -2.09. The number of rotatable bonds is 3. The Labute approximate surface area is 97.5 Å². The molecule has 1 heterocycles. The minimum atomic E-state index is -0.618. The summed E-state index contributed by atoms with van der Waals surface area (Å²) in [5.74, 6) is 0. The van der Waals surface area contributed by atoms with Crippen molar-refractivity contribution in [1.29, 1.82) is 0 Å². The normalized spacial score (nSPS) is 10.7. The molecule has 0 aliphatic carbocycles. The monoisotopic (exact) mass is 233 g/mol. The van der Waals surface area contributed by atoms with Crippen molar-refractivity contribution < 1.29 is 9.18 Å². The molecule has 17 heavy (non-hydrogen) atoms. The zero-order valence-electron chi connectivity index (χ0n) is 9.44. The van der Waals surface area contributed by atoms with E-state index in [0.29, 0.717) is 23.8 Å². The number of carbonyl (C=O) groups excluding carboxylic acids is 1. The van der Waals surface area contributed by atoms with Crippen LogP contribution in [0.15, 0.2) is 29.2 Å². The van der Waals surface area contributed by atoms with E-state index in [4.69, 9.17) is 0 Å². The first kappa shape index (κ1) is 11.5. The number of halogens is 1. The van der Waals surface area contributed by atoms with Gasteiger partial charge in [0.1, 0.15) is 6.67 Å². The summed E-state index contributed by atoms with van der Waals surface area (Å²) in [6.07, 6.45) is 2.07. The SMILES string of the molecule is CCn1cc(C=O)c(=O)c2cc(CF)ccc21. The molecule has 0 N–H and O–H groups in total. The molecule has 1 aromatic heterocycles. The Kier molecular flexibility index (Phi) is 3.04. The minimum absolute atomic E-state index is 0.107. The molecule has 88 valence electrons. The number of aryl methyl sites for hydroxylation is 1. The molecule has 0 bridgehead atoms. The van der Waals surface area contributed by atoms with E-state index in [2.05, 4.69) is 0 Å². The van der Waals surface area contributed by atoms with Gasteiger partial charge in [0.2, 0.25) is 0 Å². The van der Waals surface area contributed by atoms with Gasteiger partial charge in [-0.1, -0.05) is 6.07 Å². The van der Waals surface area contributed by atoms with Gasteiger partial charge in [-0.2, -0.15) is 0 Å². The Balaban J connectivity index is 2.90. The maximum Gasteiger partial charge on any atom is 0.199 e. The lowest BCUT2D eigenvalue weighted by atomic mass is 10.1. The first-order valence-corrected chi connectivity index (χ1v) is 5.38. The molecule has 3 nitrogen and oxygen atoms in total. The Morgan fingerprint density at radius 2 is 2.18 bits per heavy atom. The van der Waals surface area contributed by atoms with Crippen molar-refractivity contribution in [1.82, 2.24) is 4.57 Å². The molecule has 0 unspecified atom stereocenters. The van der Waals surface area contributed by atoms with Crippen LogP contribution in [0, 0.1) is 0 Å².